The predicted octanol–water partition coefficient (Wildman–Crippen LogP) is 1.75. The van der Waals surface area contributed by atoms with Gasteiger partial charge in [0.15, 0.2) is 0 Å². The Morgan fingerprint density at radius 2 is 1.77 bits per heavy atom. The number of alkyl halides is 3. The number of nitrogens with zero attached hydrogens (tertiary/aromatic N) is 2. The maximum atomic E-state index is 14.0. The van der Waals surface area contributed by atoms with Crippen molar-refractivity contribution in [2.24, 2.45) is 0 Å². The van der Waals surface area contributed by atoms with Crippen molar-refractivity contribution in [3.8, 4) is 0 Å². The highest BCUT2D eigenvalue weighted by Gasteiger charge is 2.68. The zero-order valence-electron chi connectivity index (χ0n) is 17.0. The molecule has 0 aliphatic carbocycles. The minimum absolute atomic E-state index is 0.0225. The number of likely N-dealkylation sites (tertiary alicyclic amines) is 1. The summed E-state index contributed by atoms with van der Waals surface area (Å²) in [5.41, 5.74) is -3.48. The summed E-state index contributed by atoms with van der Waals surface area (Å²) in [6.45, 7) is 2.13. The lowest BCUT2D eigenvalue weighted by Crippen LogP contribution is -2.56. The average molecular weight is 462 g/mol. The summed E-state index contributed by atoms with van der Waals surface area (Å²) in [7, 11) is -3.37. The first-order valence-corrected chi connectivity index (χ1v) is 11.6. The van der Waals surface area contributed by atoms with Crippen LogP contribution in [0.1, 0.15) is 31.7 Å². The summed E-state index contributed by atoms with van der Waals surface area (Å²) in [5.74, 6) is -1.35. The van der Waals surface area contributed by atoms with Crippen molar-refractivity contribution in [2.45, 2.75) is 43.9 Å². The summed E-state index contributed by atoms with van der Waals surface area (Å²) < 4.78 is 68.5. The van der Waals surface area contributed by atoms with Gasteiger partial charge in [-0.25, -0.2) is 22.8 Å². The number of piperidine rings is 1. The predicted molar refractivity (Wildman–Crippen MR) is 106 cm³/mol. The van der Waals surface area contributed by atoms with E-state index in [0.717, 1.165) is 12.1 Å². The monoisotopic (exact) mass is 462 g/mol. The quantitative estimate of drug-likeness (QED) is 0.602. The number of halogens is 3. The van der Waals surface area contributed by atoms with Crippen LogP contribution in [0, 0.1) is 0 Å². The van der Waals surface area contributed by atoms with Crippen LogP contribution in [0.25, 0.3) is 0 Å². The molecule has 8 nitrogen and oxygen atoms in total. The fourth-order valence-corrected chi connectivity index (χ4v) is 5.32. The van der Waals surface area contributed by atoms with Crippen molar-refractivity contribution in [2.75, 3.05) is 25.5 Å². The molecule has 1 aromatic rings. The molecule has 2 heterocycles. The molecule has 2 N–H and O–H groups in total. The van der Waals surface area contributed by atoms with E-state index in [4.69, 9.17) is 0 Å². The number of carbonyl (C=O) groups excluding carboxylic acids is 2. The number of nitrogens with one attached hydrogen (secondary N) is 2. The number of imide groups is 1. The van der Waals surface area contributed by atoms with Crippen LogP contribution in [0.2, 0.25) is 0 Å². The highest BCUT2D eigenvalue weighted by Crippen LogP contribution is 2.43. The molecule has 0 saturated carbocycles. The SMILES string of the molecule is CCCS(=O)(=O)NC1CCN(CN2C(=O)NC(c3ccccc3)(C(F)(F)F)C2=O)CC1. The molecule has 2 fully saturated rings. The third-order valence-electron chi connectivity index (χ3n) is 5.49. The topological polar surface area (TPSA) is 98.8 Å². The van der Waals surface area contributed by atoms with Crippen molar-refractivity contribution in [3.05, 3.63) is 35.9 Å². The Morgan fingerprint density at radius 1 is 1.16 bits per heavy atom. The number of rotatable bonds is 7. The van der Waals surface area contributed by atoms with Gasteiger partial charge in [-0.2, -0.15) is 13.2 Å². The molecule has 3 amide bonds. The molecule has 12 heteroatoms. The van der Waals surface area contributed by atoms with E-state index in [1.165, 1.54) is 18.2 Å². The fourth-order valence-electron chi connectivity index (χ4n) is 3.92. The number of carbonyl (C=O) groups is 2. The third-order valence-corrected chi connectivity index (χ3v) is 7.12. The van der Waals surface area contributed by atoms with E-state index < -0.39 is 33.7 Å². The van der Waals surface area contributed by atoms with Crippen LogP contribution in [0.4, 0.5) is 18.0 Å². The largest absolute Gasteiger partial charge is 0.425 e. The van der Waals surface area contributed by atoms with E-state index in [-0.39, 0.29) is 24.0 Å². The minimum atomic E-state index is -5.03. The lowest BCUT2D eigenvalue weighted by molar-refractivity contribution is -0.198. The van der Waals surface area contributed by atoms with Gasteiger partial charge in [0.2, 0.25) is 15.6 Å². The van der Waals surface area contributed by atoms with Crippen LogP contribution in [-0.2, 0) is 20.4 Å². The van der Waals surface area contributed by atoms with Crippen LogP contribution in [0.3, 0.4) is 0 Å². The molecule has 1 atom stereocenters. The third kappa shape index (κ3) is 4.70. The first-order valence-electron chi connectivity index (χ1n) is 9.99. The van der Waals surface area contributed by atoms with Gasteiger partial charge in [0.05, 0.1) is 12.4 Å². The number of hydrogen-bond acceptors (Lipinski definition) is 5. The normalized spacial score (nSPS) is 23.9. The molecule has 2 aliphatic rings. The van der Waals surface area contributed by atoms with Crippen molar-refractivity contribution in [1.29, 1.82) is 0 Å². The lowest BCUT2D eigenvalue weighted by Gasteiger charge is -2.34. The zero-order chi connectivity index (χ0) is 22.9. The number of amides is 3. The molecule has 0 aromatic heterocycles. The van der Waals surface area contributed by atoms with Gasteiger partial charge < -0.3 is 5.32 Å². The zero-order valence-corrected chi connectivity index (χ0v) is 17.8. The molecule has 2 saturated heterocycles. The molecule has 0 bridgehead atoms. The molecule has 0 radical (unpaired) electrons. The highest BCUT2D eigenvalue weighted by molar-refractivity contribution is 7.89. The van der Waals surface area contributed by atoms with Gasteiger partial charge in [-0.15, -0.1) is 0 Å². The fraction of sp³-hybridized carbons (Fsp3) is 0.579. The summed E-state index contributed by atoms with van der Waals surface area (Å²) >= 11 is 0. The van der Waals surface area contributed by atoms with Crippen LogP contribution in [0.5, 0.6) is 0 Å². The summed E-state index contributed by atoms with van der Waals surface area (Å²) in [6.07, 6.45) is -3.69. The van der Waals surface area contributed by atoms with Crippen LogP contribution >= 0.6 is 0 Å². The maximum absolute atomic E-state index is 14.0. The molecular formula is C19H25F3N4O4S. The minimum Gasteiger partial charge on any atom is -0.312 e. The second-order valence-electron chi connectivity index (χ2n) is 7.75. The second-order valence-corrected chi connectivity index (χ2v) is 9.62. The van der Waals surface area contributed by atoms with Crippen molar-refractivity contribution >= 4 is 22.0 Å². The standard InChI is InChI=1S/C19H25F3N4O4S/c1-2-12-31(29,30)24-15-8-10-25(11-9-15)13-26-16(27)18(19(20,21)22,23-17(26)28)14-6-4-3-5-7-14/h3-7,15,24H,2,8-13H2,1H3,(H,23,28). The van der Waals surface area contributed by atoms with E-state index in [0.29, 0.717) is 37.3 Å². The van der Waals surface area contributed by atoms with Gasteiger partial charge in [0.25, 0.3) is 5.91 Å². The number of hydrogen-bond donors (Lipinski definition) is 2. The summed E-state index contributed by atoms with van der Waals surface area (Å²) in [4.78, 5) is 27.5. The molecule has 1 aromatic carbocycles. The van der Waals surface area contributed by atoms with E-state index in [9.17, 15) is 31.2 Å². The van der Waals surface area contributed by atoms with E-state index >= 15 is 0 Å². The molecular weight excluding hydrogens is 437 g/mol. The molecule has 172 valence electrons. The Balaban J connectivity index is 1.70. The molecule has 31 heavy (non-hydrogen) atoms. The van der Waals surface area contributed by atoms with Crippen molar-refractivity contribution in [1.82, 2.24) is 19.8 Å². The Bertz CT molecular complexity index is 918. The van der Waals surface area contributed by atoms with Gasteiger partial charge in [0, 0.05) is 19.1 Å². The molecule has 1 unspecified atom stereocenters. The van der Waals surface area contributed by atoms with Crippen molar-refractivity contribution < 1.29 is 31.2 Å². The van der Waals surface area contributed by atoms with Gasteiger partial charge in [-0.1, -0.05) is 37.3 Å². The van der Waals surface area contributed by atoms with Crippen LogP contribution < -0.4 is 10.0 Å². The summed E-state index contributed by atoms with van der Waals surface area (Å²) in [6, 6.07) is 5.17. The van der Waals surface area contributed by atoms with E-state index in [1.807, 2.05) is 5.32 Å². The number of sulfonamides is 1. The lowest BCUT2D eigenvalue weighted by atomic mass is 9.89. The van der Waals surface area contributed by atoms with Gasteiger partial charge in [0.1, 0.15) is 0 Å². The van der Waals surface area contributed by atoms with Crippen LogP contribution in [0.15, 0.2) is 30.3 Å². The first kappa shape index (κ1) is 23.5. The Hall–Kier alpha value is -2.18. The maximum Gasteiger partial charge on any atom is 0.425 e. The Kier molecular flexibility index (Phi) is 6.63. The van der Waals surface area contributed by atoms with Crippen molar-refractivity contribution in [3.63, 3.8) is 0 Å². The van der Waals surface area contributed by atoms with E-state index in [1.54, 1.807) is 11.8 Å². The number of urea groups is 1. The average Bonchev–Trinajstić information content (AvgIpc) is 2.95. The number of benzene rings is 1. The summed E-state index contributed by atoms with van der Waals surface area (Å²) in [5, 5.41) is 1.86. The highest BCUT2D eigenvalue weighted by atomic mass is 32.2. The van der Waals surface area contributed by atoms with E-state index in [2.05, 4.69) is 4.72 Å². The van der Waals surface area contributed by atoms with Crippen LogP contribution in [-0.4, -0.2) is 67.9 Å². The van der Waals surface area contributed by atoms with Gasteiger partial charge in [-0.3, -0.25) is 9.69 Å². The van der Waals surface area contributed by atoms with Gasteiger partial charge >= 0.3 is 12.2 Å². The molecule has 3 rings (SSSR count). The Morgan fingerprint density at radius 3 is 2.32 bits per heavy atom. The Labute approximate surface area is 178 Å². The molecule has 2 aliphatic heterocycles. The second kappa shape index (κ2) is 8.75. The smallest absolute Gasteiger partial charge is 0.312 e. The molecule has 0 spiro atoms. The van der Waals surface area contributed by atoms with Gasteiger partial charge in [-0.05, 0) is 24.8 Å². The first-order chi connectivity index (χ1) is 14.5.